The van der Waals surface area contributed by atoms with E-state index in [0.29, 0.717) is 29.4 Å². The molecule has 0 aliphatic carbocycles. The van der Waals surface area contributed by atoms with Crippen LogP contribution in [0.3, 0.4) is 0 Å². The lowest BCUT2D eigenvalue weighted by Gasteiger charge is -2.20. The zero-order chi connectivity index (χ0) is 25.2. The smallest absolute Gasteiger partial charge is 0.289 e. The molecule has 3 aromatic rings. The van der Waals surface area contributed by atoms with Crippen LogP contribution in [0.4, 0.5) is 17.2 Å². The van der Waals surface area contributed by atoms with E-state index in [1.807, 2.05) is 0 Å². The van der Waals surface area contributed by atoms with Crippen LogP contribution in [-0.2, 0) is 14.9 Å². The highest BCUT2D eigenvalue weighted by Crippen LogP contribution is 2.22. The second-order valence-electron chi connectivity index (χ2n) is 7.21. The number of ether oxygens (including phenoxy) is 1. The van der Waals surface area contributed by atoms with E-state index < -0.39 is 27.8 Å². The number of halogens is 1. The predicted octanol–water partition coefficient (Wildman–Crippen LogP) is 1.97. The van der Waals surface area contributed by atoms with Gasteiger partial charge in [-0.05, 0) is 36.4 Å². The number of benzene rings is 1. The Morgan fingerprint density at radius 3 is 2.57 bits per heavy atom. The van der Waals surface area contributed by atoms with Crippen molar-refractivity contribution in [1.82, 2.24) is 15.0 Å². The van der Waals surface area contributed by atoms with Gasteiger partial charge in [-0.15, -0.1) is 0 Å². The van der Waals surface area contributed by atoms with Gasteiger partial charge in [-0.3, -0.25) is 29.4 Å². The Morgan fingerprint density at radius 1 is 1.23 bits per heavy atom. The van der Waals surface area contributed by atoms with Crippen molar-refractivity contribution in [2.24, 2.45) is 0 Å². The molecule has 1 saturated heterocycles. The number of amides is 2. The zero-order valence-corrected chi connectivity index (χ0v) is 19.4. The summed E-state index contributed by atoms with van der Waals surface area (Å²) in [6.45, 7) is 0.944. The van der Waals surface area contributed by atoms with Crippen LogP contribution in [0.25, 0.3) is 0 Å². The standard InChI is InChI=1S/C20H18ClN7O6S/c21-12-1-6-15(23-9-12)28(11-35(31,32)33)19(30)17-16(24-10-25-17)18(29)26-13-2-4-14(5-3-13)27-7-8-34-20(27)22/h1-6,9-10,22H,7-8,11H2,(H,24,25)(H,26,29)(H,31,32,33). The molecule has 35 heavy (non-hydrogen) atoms. The summed E-state index contributed by atoms with van der Waals surface area (Å²) in [4.78, 5) is 38.7. The molecule has 13 nitrogen and oxygen atoms in total. The minimum atomic E-state index is -4.65. The third-order valence-corrected chi connectivity index (χ3v) is 5.64. The summed E-state index contributed by atoms with van der Waals surface area (Å²) in [5.41, 5.74) is 0.476. The molecule has 182 valence electrons. The maximum Gasteiger partial charge on any atom is 0.289 e. The van der Waals surface area contributed by atoms with Gasteiger partial charge < -0.3 is 15.0 Å². The van der Waals surface area contributed by atoms with Gasteiger partial charge in [0, 0.05) is 17.6 Å². The molecule has 3 heterocycles. The van der Waals surface area contributed by atoms with Gasteiger partial charge >= 0.3 is 0 Å². The fraction of sp³-hybridized carbons (Fsp3) is 0.150. The number of carbonyl (C=O) groups is 2. The number of carbonyl (C=O) groups excluding carboxylic acids is 2. The molecular formula is C20H18ClN7O6S. The molecule has 4 N–H and O–H groups in total. The average molecular weight is 520 g/mol. The molecule has 0 radical (unpaired) electrons. The van der Waals surface area contributed by atoms with Gasteiger partial charge in [0.2, 0.25) is 0 Å². The molecule has 4 rings (SSSR count). The normalized spacial score (nSPS) is 13.4. The van der Waals surface area contributed by atoms with Crippen molar-refractivity contribution in [2.75, 3.05) is 34.1 Å². The first-order valence-electron chi connectivity index (χ1n) is 9.94. The number of amidine groups is 1. The Labute approximate surface area is 204 Å². The first-order chi connectivity index (χ1) is 16.6. The molecule has 0 atom stereocenters. The molecule has 1 aliphatic rings. The highest BCUT2D eigenvalue weighted by molar-refractivity contribution is 7.85. The number of nitrogens with zero attached hydrogens (tertiary/aromatic N) is 4. The van der Waals surface area contributed by atoms with Crippen LogP contribution in [-0.4, -0.2) is 64.8 Å². The first-order valence-corrected chi connectivity index (χ1v) is 11.9. The molecule has 0 spiro atoms. The van der Waals surface area contributed by atoms with Crippen molar-refractivity contribution in [3.8, 4) is 0 Å². The third-order valence-electron chi connectivity index (χ3n) is 4.83. The van der Waals surface area contributed by atoms with E-state index in [1.165, 1.54) is 18.3 Å². The van der Waals surface area contributed by atoms with E-state index in [2.05, 4.69) is 20.3 Å². The molecule has 1 fully saturated rings. The SMILES string of the molecule is N=C1OCCN1c1ccc(NC(=O)c2nc[nH]c2C(=O)N(CS(=O)(=O)O)c2ccc(Cl)cn2)cc1. The second-order valence-corrected chi connectivity index (χ2v) is 9.07. The van der Waals surface area contributed by atoms with Gasteiger partial charge in [0.25, 0.3) is 28.0 Å². The highest BCUT2D eigenvalue weighted by Gasteiger charge is 2.29. The lowest BCUT2D eigenvalue weighted by Crippen LogP contribution is -2.37. The highest BCUT2D eigenvalue weighted by atomic mass is 35.5. The summed E-state index contributed by atoms with van der Waals surface area (Å²) in [6.07, 6.45) is 2.30. The number of aromatic nitrogens is 3. The van der Waals surface area contributed by atoms with E-state index in [1.54, 1.807) is 29.2 Å². The number of pyridine rings is 1. The number of imidazole rings is 1. The molecule has 1 aromatic carbocycles. The fourth-order valence-corrected chi connectivity index (χ4v) is 3.95. The topological polar surface area (TPSA) is 182 Å². The van der Waals surface area contributed by atoms with E-state index in [9.17, 15) is 22.6 Å². The maximum absolute atomic E-state index is 13.2. The number of aromatic amines is 1. The van der Waals surface area contributed by atoms with Gasteiger partial charge in [-0.25, -0.2) is 9.97 Å². The van der Waals surface area contributed by atoms with E-state index in [0.717, 1.165) is 6.33 Å². The largest absolute Gasteiger partial charge is 0.463 e. The van der Waals surface area contributed by atoms with Crippen molar-refractivity contribution in [1.29, 1.82) is 5.41 Å². The summed E-state index contributed by atoms with van der Waals surface area (Å²) < 4.78 is 37.5. The zero-order valence-electron chi connectivity index (χ0n) is 17.8. The number of H-pyrrole nitrogens is 1. The Kier molecular flexibility index (Phi) is 6.68. The number of nitrogens with one attached hydrogen (secondary N) is 3. The van der Waals surface area contributed by atoms with Crippen LogP contribution in [0.2, 0.25) is 5.02 Å². The Morgan fingerprint density at radius 2 is 1.97 bits per heavy atom. The minimum absolute atomic E-state index is 0.0334. The Balaban J connectivity index is 1.55. The number of hydrogen-bond acceptors (Lipinski definition) is 8. The van der Waals surface area contributed by atoms with Gasteiger partial charge in [0.05, 0.1) is 17.9 Å². The molecule has 0 unspecified atom stereocenters. The molecule has 0 bridgehead atoms. The summed E-state index contributed by atoms with van der Waals surface area (Å²) in [7, 11) is -4.65. The van der Waals surface area contributed by atoms with Gasteiger partial charge in [-0.1, -0.05) is 11.6 Å². The monoisotopic (exact) mass is 519 g/mol. The summed E-state index contributed by atoms with van der Waals surface area (Å²) in [5.74, 6) is -2.94. The first kappa shape index (κ1) is 24.1. The molecule has 15 heteroatoms. The fourth-order valence-electron chi connectivity index (χ4n) is 3.26. The number of rotatable bonds is 7. The van der Waals surface area contributed by atoms with Gasteiger partial charge in [0.1, 0.15) is 18.1 Å². The van der Waals surface area contributed by atoms with Crippen LogP contribution in [0.15, 0.2) is 48.9 Å². The Bertz CT molecular complexity index is 1380. The van der Waals surface area contributed by atoms with E-state index >= 15 is 0 Å². The van der Waals surface area contributed by atoms with E-state index in [-0.39, 0.29) is 28.3 Å². The van der Waals surface area contributed by atoms with Crippen LogP contribution in [0, 0.1) is 5.41 Å². The van der Waals surface area contributed by atoms with Crippen molar-refractivity contribution < 1.29 is 27.3 Å². The summed E-state index contributed by atoms with van der Waals surface area (Å²) in [6, 6.07) is 9.30. The molecule has 2 aromatic heterocycles. The lowest BCUT2D eigenvalue weighted by molar-refractivity contribution is 0.0965. The van der Waals surface area contributed by atoms with Crippen LogP contribution in [0.5, 0.6) is 0 Å². The average Bonchev–Trinajstić information content (AvgIpc) is 3.47. The summed E-state index contributed by atoms with van der Waals surface area (Å²) >= 11 is 5.80. The quantitative estimate of drug-likeness (QED) is 0.339. The van der Waals surface area contributed by atoms with Crippen LogP contribution < -0.4 is 15.1 Å². The predicted molar refractivity (Wildman–Crippen MR) is 126 cm³/mol. The van der Waals surface area contributed by atoms with Gasteiger partial charge in [0.15, 0.2) is 11.6 Å². The van der Waals surface area contributed by atoms with Crippen molar-refractivity contribution >= 4 is 56.7 Å². The van der Waals surface area contributed by atoms with Crippen molar-refractivity contribution in [3.63, 3.8) is 0 Å². The third kappa shape index (κ3) is 5.56. The number of hydrogen-bond donors (Lipinski definition) is 4. The second kappa shape index (κ2) is 9.69. The maximum atomic E-state index is 13.2. The van der Waals surface area contributed by atoms with Gasteiger partial charge in [-0.2, -0.15) is 8.42 Å². The molecule has 1 aliphatic heterocycles. The summed E-state index contributed by atoms with van der Waals surface area (Å²) in [5, 5.41) is 10.6. The van der Waals surface area contributed by atoms with Crippen molar-refractivity contribution in [3.05, 3.63) is 65.3 Å². The molecule has 2 amide bonds. The Hall–Kier alpha value is -4.01. The van der Waals surface area contributed by atoms with Crippen molar-refractivity contribution in [2.45, 2.75) is 0 Å². The lowest BCUT2D eigenvalue weighted by atomic mass is 10.2. The molecule has 0 saturated carbocycles. The van der Waals surface area contributed by atoms with Crippen LogP contribution in [0.1, 0.15) is 21.0 Å². The minimum Gasteiger partial charge on any atom is -0.463 e. The molecular weight excluding hydrogens is 502 g/mol. The van der Waals surface area contributed by atoms with E-state index in [4.69, 9.17) is 21.7 Å². The number of anilines is 3. The van der Waals surface area contributed by atoms with Crippen LogP contribution >= 0.6 is 11.6 Å².